The van der Waals surface area contributed by atoms with Crippen molar-refractivity contribution < 1.29 is 4.79 Å². The lowest BCUT2D eigenvalue weighted by molar-refractivity contribution is -0.133. The maximum Gasteiger partial charge on any atom is 0.226 e. The predicted octanol–water partition coefficient (Wildman–Crippen LogP) is 1.24. The summed E-state index contributed by atoms with van der Waals surface area (Å²) >= 11 is 5.59. The number of alkyl halides is 1. The summed E-state index contributed by atoms with van der Waals surface area (Å²) < 4.78 is 0. The highest BCUT2D eigenvalue weighted by Gasteiger charge is 2.43. The molecule has 2 aliphatic rings. The number of likely N-dealkylation sites (tertiary alicyclic amines) is 1. The molecule has 2 rings (SSSR count). The molecule has 0 aromatic heterocycles. The SMILES string of the molecule is O=C1C2CCC(C2)N1CCCl. The summed E-state index contributed by atoms with van der Waals surface area (Å²) in [6.07, 6.45) is 3.41. The number of piperidine rings is 1. The second-order valence-electron chi connectivity index (χ2n) is 3.38. The van der Waals surface area contributed by atoms with Crippen LogP contribution >= 0.6 is 11.6 Å². The zero-order valence-corrected chi connectivity index (χ0v) is 7.18. The van der Waals surface area contributed by atoms with E-state index in [4.69, 9.17) is 11.6 Å². The maximum absolute atomic E-state index is 11.4. The molecule has 0 spiro atoms. The van der Waals surface area contributed by atoms with E-state index in [0.717, 1.165) is 19.4 Å². The Hall–Kier alpha value is -0.240. The molecule has 1 aliphatic heterocycles. The Morgan fingerprint density at radius 1 is 1.55 bits per heavy atom. The minimum absolute atomic E-state index is 0.349. The molecule has 1 heterocycles. The van der Waals surface area contributed by atoms with Gasteiger partial charge in [0.2, 0.25) is 5.91 Å². The van der Waals surface area contributed by atoms with Crippen molar-refractivity contribution >= 4 is 17.5 Å². The Kier molecular flexibility index (Phi) is 1.80. The van der Waals surface area contributed by atoms with Gasteiger partial charge in [-0.15, -0.1) is 11.6 Å². The molecule has 1 saturated heterocycles. The standard InChI is InChI=1S/C8H12ClNO/c9-3-4-10-7-2-1-6(5-7)8(10)11/h6-7H,1-5H2. The lowest BCUT2D eigenvalue weighted by Crippen LogP contribution is -2.38. The molecular formula is C8H12ClNO. The number of halogens is 1. The van der Waals surface area contributed by atoms with Crippen molar-refractivity contribution in [3.05, 3.63) is 0 Å². The van der Waals surface area contributed by atoms with E-state index in [1.165, 1.54) is 6.42 Å². The molecule has 0 radical (unpaired) electrons. The molecule has 2 unspecified atom stereocenters. The number of amides is 1. The van der Waals surface area contributed by atoms with Gasteiger partial charge in [0.05, 0.1) is 0 Å². The second-order valence-corrected chi connectivity index (χ2v) is 3.76. The fourth-order valence-electron chi connectivity index (χ4n) is 2.26. The molecule has 0 aromatic carbocycles. The fourth-order valence-corrected chi connectivity index (χ4v) is 2.45. The van der Waals surface area contributed by atoms with Gasteiger partial charge in [0.1, 0.15) is 0 Å². The van der Waals surface area contributed by atoms with E-state index in [9.17, 15) is 4.79 Å². The van der Waals surface area contributed by atoms with Crippen LogP contribution in [0, 0.1) is 5.92 Å². The number of hydrogen-bond donors (Lipinski definition) is 0. The fraction of sp³-hybridized carbons (Fsp3) is 0.875. The van der Waals surface area contributed by atoms with Gasteiger partial charge in [0, 0.05) is 24.4 Å². The molecule has 1 aliphatic carbocycles. The molecule has 11 heavy (non-hydrogen) atoms. The maximum atomic E-state index is 11.4. The summed E-state index contributed by atoms with van der Waals surface area (Å²) in [5.74, 6) is 1.28. The van der Waals surface area contributed by atoms with Gasteiger partial charge in [-0.25, -0.2) is 0 Å². The Bertz CT molecular complexity index is 183. The highest BCUT2D eigenvalue weighted by Crippen LogP contribution is 2.38. The molecule has 2 bridgehead atoms. The summed E-state index contributed by atoms with van der Waals surface area (Å²) in [6.45, 7) is 0.752. The van der Waals surface area contributed by atoms with Crippen molar-refractivity contribution in [2.75, 3.05) is 12.4 Å². The van der Waals surface area contributed by atoms with E-state index in [1.807, 2.05) is 4.90 Å². The topological polar surface area (TPSA) is 20.3 Å². The summed E-state index contributed by atoms with van der Waals surface area (Å²) in [5, 5.41) is 0. The van der Waals surface area contributed by atoms with Crippen molar-refractivity contribution in [2.24, 2.45) is 5.92 Å². The smallest absolute Gasteiger partial charge is 0.226 e. The number of nitrogens with zero attached hydrogens (tertiary/aromatic N) is 1. The highest BCUT2D eigenvalue weighted by atomic mass is 35.5. The Morgan fingerprint density at radius 2 is 2.36 bits per heavy atom. The molecule has 2 fully saturated rings. The lowest BCUT2D eigenvalue weighted by Gasteiger charge is -2.25. The largest absolute Gasteiger partial charge is 0.338 e. The van der Waals surface area contributed by atoms with Gasteiger partial charge in [0.15, 0.2) is 0 Å². The van der Waals surface area contributed by atoms with Crippen LogP contribution in [0.25, 0.3) is 0 Å². The summed E-state index contributed by atoms with van der Waals surface area (Å²) in [7, 11) is 0. The predicted molar refractivity (Wildman–Crippen MR) is 43.6 cm³/mol. The lowest BCUT2D eigenvalue weighted by atomic mass is 10.1. The summed E-state index contributed by atoms with van der Waals surface area (Å²) in [4.78, 5) is 13.4. The first-order valence-electron chi connectivity index (χ1n) is 4.19. The normalized spacial score (nSPS) is 35.4. The zero-order chi connectivity index (χ0) is 7.84. The molecule has 0 aromatic rings. The number of carbonyl (C=O) groups excluding carboxylic acids is 1. The van der Waals surface area contributed by atoms with Crippen LogP contribution in [0.1, 0.15) is 19.3 Å². The Balaban J connectivity index is 2.05. The van der Waals surface area contributed by atoms with Crippen LogP contribution in [0.15, 0.2) is 0 Å². The van der Waals surface area contributed by atoms with Gasteiger partial charge in [-0.05, 0) is 19.3 Å². The Morgan fingerprint density at radius 3 is 2.91 bits per heavy atom. The molecule has 2 nitrogen and oxygen atoms in total. The molecule has 1 saturated carbocycles. The van der Waals surface area contributed by atoms with E-state index < -0.39 is 0 Å². The monoisotopic (exact) mass is 173 g/mol. The Labute approximate surface area is 71.5 Å². The van der Waals surface area contributed by atoms with Crippen LogP contribution < -0.4 is 0 Å². The molecular weight excluding hydrogens is 162 g/mol. The summed E-state index contributed by atoms with van der Waals surface area (Å²) in [5.41, 5.74) is 0. The number of rotatable bonds is 2. The van der Waals surface area contributed by atoms with Crippen molar-refractivity contribution in [1.82, 2.24) is 4.90 Å². The minimum atomic E-state index is 0.349. The van der Waals surface area contributed by atoms with Crippen LogP contribution in [0.3, 0.4) is 0 Å². The van der Waals surface area contributed by atoms with Crippen molar-refractivity contribution in [2.45, 2.75) is 25.3 Å². The van der Waals surface area contributed by atoms with E-state index >= 15 is 0 Å². The third-order valence-electron chi connectivity index (χ3n) is 2.80. The molecule has 1 amide bonds. The van der Waals surface area contributed by atoms with Crippen LogP contribution in [0.5, 0.6) is 0 Å². The van der Waals surface area contributed by atoms with E-state index in [1.54, 1.807) is 0 Å². The van der Waals surface area contributed by atoms with Crippen molar-refractivity contribution in [1.29, 1.82) is 0 Å². The quantitative estimate of drug-likeness (QED) is 0.576. The van der Waals surface area contributed by atoms with Gasteiger partial charge in [0.25, 0.3) is 0 Å². The van der Waals surface area contributed by atoms with Gasteiger partial charge >= 0.3 is 0 Å². The first kappa shape index (κ1) is 7.41. The summed E-state index contributed by atoms with van der Waals surface area (Å²) in [6, 6.07) is 0.534. The number of carbonyl (C=O) groups is 1. The average Bonchev–Trinajstić information content (AvgIpc) is 2.54. The van der Waals surface area contributed by atoms with Crippen LogP contribution in [-0.4, -0.2) is 29.3 Å². The van der Waals surface area contributed by atoms with E-state index in [-0.39, 0.29) is 0 Å². The van der Waals surface area contributed by atoms with E-state index in [2.05, 4.69) is 0 Å². The first-order chi connectivity index (χ1) is 5.33. The van der Waals surface area contributed by atoms with Gasteiger partial charge in [-0.1, -0.05) is 0 Å². The molecule has 0 N–H and O–H groups in total. The van der Waals surface area contributed by atoms with Crippen LogP contribution in [-0.2, 0) is 4.79 Å². The van der Waals surface area contributed by atoms with Crippen LogP contribution in [0.4, 0.5) is 0 Å². The number of fused-ring (bicyclic) bond motifs is 2. The van der Waals surface area contributed by atoms with E-state index in [0.29, 0.717) is 23.7 Å². The first-order valence-corrected chi connectivity index (χ1v) is 4.73. The van der Waals surface area contributed by atoms with Gasteiger partial charge < -0.3 is 4.90 Å². The van der Waals surface area contributed by atoms with Crippen molar-refractivity contribution in [3.8, 4) is 0 Å². The molecule has 2 atom stereocenters. The third-order valence-corrected chi connectivity index (χ3v) is 2.97. The van der Waals surface area contributed by atoms with Gasteiger partial charge in [-0.3, -0.25) is 4.79 Å². The van der Waals surface area contributed by atoms with Gasteiger partial charge in [-0.2, -0.15) is 0 Å². The third kappa shape index (κ3) is 1.04. The van der Waals surface area contributed by atoms with Crippen LogP contribution in [0.2, 0.25) is 0 Å². The zero-order valence-electron chi connectivity index (χ0n) is 6.42. The minimum Gasteiger partial charge on any atom is -0.338 e. The number of hydrogen-bond acceptors (Lipinski definition) is 1. The van der Waals surface area contributed by atoms with Crippen molar-refractivity contribution in [3.63, 3.8) is 0 Å². The second kappa shape index (κ2) is 2.67. The average molecular weight is 174 g/mol. The molecule has 3 heteroatoms. The molecule has 62 valence electrons. The highest BCUT2D eigenvalue weighted by molar-refractivity contribution is 6.18.